The van der Waals surface area contributed by atoms with Crippen LogP contribution in [0.5, 0.6) is 0 Å². The number of nitrogens with two attached hydrogens (primary N) is 3. The Kier molecular flexibility index (Phi) is 9.91. The molecule has 0 aromatic carbocycles. The van der Waals surface area contributed by atoms with Crippen molar-refractivity contribution < 1.29 is 13.6 Å². The molecule has 0 fully saturated rings. The topological polar surface area (TPSA) is 144 Å². The Bertz CT molecular complexity index is 292. The van der Waals surface area contributed by atoms with Gasteiger partial charge in [0.25, 0.3) is 0 Å². The summed E-state index contributed by atoms with van der Waals surface area (Å²) < 4.78 is 15.4. The molecule has 0 atom stereocenters. The van der Waals surface area contributed by atoms with Crippen LogP contribution in [0.15, 0.2) is 0 Å². The fraction of sp³-hybridized carbons (Fsp3) is 0.667. The monoisotopic (exact) mass is 292 g/mol. The van der Waals surface area contributed by atoms with Gasteiger partial charge >= 0.3 is 8.60 Å². The summed E-state index contributed by atoms with van der Waals surface area (Å²) in [5.41, 5.74) is 15.4. The molecule has 110 valence electrons. The molecule has 9 nitrogen and oxygen atoms in total. The van der Waals surface area contributed by atoms with Crippen LogP contribution < -0.4 is 17.2 Å². The molecule has 0 amide bonds. The van der Waals surface area contributed by atoms with E-state index in [1.165, 1.54) is 0 Å². The highest BCUT2D eigenvalue weighted by Gasteiger charge is 2.07. The molecule has 0 aliphatic heterocycles. The van der Waals surface area contributed by atoms with E-state index >= 15 is 0 Å². The molecule has 6 N–H and O–H groups in total. The molecule has 1 heterocycles. The molecule has 0 radical (unpaired) electrons. The molecular formula is C9H21N6O3P. The van der Waals surface area contributed by atoms with Crippen molar-refractivity contribution in [3.8, 4) is 0 Å². The van der Waals surface area contributed by atoms with Crippen LogP contribution in [-0.2, 0) is 13.6 Å². The third kappa shape index (κ3) is 9.32. The Hall–Kier alpha value is -1.28. The van der Waals surface area contributed by atoms with Crippen LogP contribution in [0.25, 0.3) is 0 Å². The van der Waals surface area contributed by atoms with E-state index in [-0.39, 0.29) is 17.8 Å². The number of nitrogen functional groups attached to an aromatic ring is 3. The number of rotatable bonds is 6. The van der Waals surface area contributed by atoms with Gasteiger partial charge in [-0.15, -0.1) is 0 Å². The number of anilines is 3. The van der Waals surface area contributed by atoms with Crippen LogP contribution >= 0.6 is 8.60 Å². The van der Waals surface area contributed by atoms with Gasteiger partial charge in [-0.3, -0.25) is 0 Å². The van der Waals surface area contributed by atoms with Gasteiger partial charge in [-0.25, -0.2) is 0 Å². The summed E-state index contributed by atoms with van der Waals surface area (Å²) in [6, 6.07) is 0. The fourth-order valence-electron chi connectivity index (χ4n) is 0.855. The van der Waals surface area contributed by atoms with E-state index in [1.807, 2.05) is 20.8 Å². The quantitative estimate of drug-likeness (QED) is 0.652. The molecule has 10 heteroatoms. The highest BCUT2D eigenvalue weighted by molar-refractivity contribution is 7.41. The van der Waals surface area contributed by atoms with Gasteiger partial charge < -0.3 is 30.8 Å². The van der Waals surface area contributed by atoms with Crippen molar-refractivity contribution in [3.05, 3.63) is 0 Å². The summed E-state index contributed by atoms with van der Waals surface area (Å²) in [5, 5.41) is 0. The molecule has 0 bridgehead atoms. The van der Waals surface area contributed by atoms with Crippen molar-refractivity contribution in [3.63, 3.8) is 0 Å². The molecule has 1 aromatic heterocycles. The van der Waals surface area contributed by atoms with Gasteiger partial charge in [0.05, 0.1) is 19.8 Å². The second-order valence-electron chi connectivity index (χ2n) is 2.89. The second kappa shape index (κ2) is 10.6. The van der Waals surface area contributed by atoms with Crippen LogP contribution in [0.4, 0.5) is 17.8 Å². The van der Waals surface area contributed by atoms with E-state index < -0.39 is 8.60 Å². The molecule has 19 heavy (non-hydrogen) atoms. The molecule has 0 saturated heterocycles. The van der Waals surface area contributed by atoms with E-state index in [0.717, 1.165) is 0 Å². The first kappa shape index (κ1) is 17.7. The lowest BCUT2D eigenvalue weighted by Crippen LogP contribution is -2.05. The zero-order chi connectivity index (χ0) is 14.7. The molecular weight excluding hydrogens is 271 g/mol. The Morgan fingerprint density at radius 3 is 1.21 bits per heavy atom. The van der Waals surface area contributed by atoms with Crippen molar-refractivity contribution in [2.75, 3.05) is 37.0 Å². The summed E-state index contributed by atoms with van der Waals surface area (Å²) in [6.45, 7) is 7.71. The number of hydrogen-bond donors (Lipinski definition) is 3. The normalized spacial score (nSPS) is 10.1. The highest BCUT2D eigenvalue weighted by Crippen LogP contribution is 2.38. The lowest BCUT2D eigenvalue weighted by atomic mass is 10.9. The number of nitrogens with zero attached hydrogens (tertiary/aromatic N) is 3. The van der Waals surface area contributed by atoms with Gasteiger partial charge in [0, 0.05) is 0 Å². The zero-order valence-corrected chi connectivity index (χ0v) is 12.3. The van der Waals surface area contributed by atoms with Gasteiger partial charge in [0.2, 0.25) is 17.8 Å². The first-order chi connectivity index (χ1) is 9.03. The summed E-state index contributed by atoms with van der Waals surface area (Å²) in [6.07, 6.45) is 0. The Balaban J connectivity index is 0.000000342. The summed E-state index contributed by atoms with van der Waals surface area (Å²) in [4.78, 5) is 10.5. The fourth-order valence-corrected chi connectivity index (χ4v) is 1.71. The van der Waals surface area contributed by atoms with Crippen molar-refractivity contribution >= 4 is 26.4 Å². The maximum atomic E-state index is 5.14. The van der Waals surface area contributed by atoms with Gasteiger partial charge in [-0.1, -0.05) is 0 Å². The predicted octanol–water partition coefficient (Wildman–Crippen LogP) is 0.941. The number of hydrogen-bond acceptors (Lipinski definition) is 9. The van der Waals surface area contributed by atoms with E-state index in [0.29, 0.717) is 19.8 Å². The minimum atomic E-state index is -1.06. The highest BCUT2D eigenvalue weighted by atomic mass is 31.2. The van der Waals surface area contributed by atoms with Crippen molar-refractivity contribution in [2.24, 2.45) is 0 Å². The van der Waals surface area contributed by atoms with Gasteiger partial charge in [-0.05, 0) is 20.8 Å². The average molecular weight is 292 g/mol. The Morgan fingerprint density at radius 2 is 1.00 bits per heavy atom. The Morgan fingerprint density at radius 1 is 0.737 bits per heavy atom. The minimum Gasteiger partial charge on any atom is -0.368 e. The minimum absolute atomic E-state index is 0.0417. The first-order valence-electron chi connectivity index (χ1n) is 5.74. The summed E-state index contributed by atoms with van der Waals surface area (Å²) in [5.74, 6) is 0.125. The first-order valence-corrected chi connectivity index (χ1v) is 6.84. The average Bonchev–Trinajstić information content (AvgIpc) is 2.28. The molecule has 0 saturated carbocycles. The summed E-state index contributed by atoms with van der Waals surface area (Å²) >= 11 is 0. The van der Waals surface area contributed by atoms with Gasteiger partial charge in [0.15, 0.2) is 0 Å². The van der Waals surface area contributed by atoms with Crippen molar-refractivity contribution in [2.45, 2.75) is 20.8 Å². The lowest BCUT2D eigenvalue weighted by Gasteiger charge is -2.12. The van der Waals surface area contributed by atoms with Crippen LogP contribution in [0.2, 0.25) is 0 Å². The van der Waals surface area contributed by atoms with Crippen LogP contribution in [-0.4, -0.2) is 34.8 Å². The van der Waals surface area contributed by atoms with Crippen molar-refractivity contribution in [1.29, 1.82) is 0 Å². The summed E-state index contributed by atoms with van der Waals surface area (Å²) in [7, 11) is -1.06. The van der Waals surface area contributed by atoms with E-state index in [4.69, 9.17) is 30.8 Å². The van der Waals surface area contributed by atoms with Gasteiger partial charge in [0.1, 0.15) is 0 Å². The number of aromatic nitrogens is 3. The van der Waals surface area contributed by atoms with E-state index in [2.05, 4.69) is 15.0 Å². The third-order valence-corrected chi connectivity index (χ3v) is 2.80. The maximum Gasteiger partial charge on any atom is 0.332 e. The smallest absolute Gasteiger partial charge is 0.332 e. The molecule has 0 aliphatic carbocycles. The molecule has 0 unspecified atom stereocenters. The zero-order valence-electron chi connectivity index (χ0n) is 11.4. The predicted molar refractivity (Wildman–Crippen MR) is 74.9 cm³/mol. The molecule has 0 spiro atoms. The Labute approximate surface area is 113 Å². The van der Waals surface area contributed by atoms with Crippen LogP contribution in [0.1, 0.15) is 20.8 Å². The standard InChI is InChI=1S/C6H15O3P.C3H6N6/c1-4-7-10(8-5-2)9-6-3;4-1-7-2(5)9-3(6)8-1/h4-6H2,1-3H3;(H6,4,5,6,7,8,9). The maximum absolute atomic E-state index is 5.14. The molecule has 1 aromatic rings. The van der Waals surface area contributed by atoms with E-state index in [1.54, 1.807) is 0 Å². The molecule has 1 rings (SSSR count). The van der Waals surface area contributed by atoms with E-state index in [9.17, 15) is 0 Å². The SMILES string of the molecule is CCOP(OCC)OCC.Nc1nc(N)nc(N)n1. The largest absolute Gasteiger partial charge is 0.368 e. The van der Waals surface area contributed by atoms with Gasteiger partial charge in [-0.2, -0.15) is 15.0 Å². The molecule has 0 aliphatic rings. The second-order valence-corrected chi connectivity index (χ2v) is 4.11. The van der Waals surface area contributed by atoms with Crippen molar-refractivity contribution in [1.82, 2.24) is 15.0 Å². The lowest BCUT2D eigenvalue weighted by molar-refractivity contribution is 0.176. The van der Waals surface area contributed by atoms with Crippen LogP contribution in [0, 0.1) is 0 Å². The van der Waals surface area contributed by atoms with Crippen LogP contribution in [0.3, 0.4) is 0 Å². The third-order valence-electron chi connectivity index (χ3n) is 1.39.